The van der Waals surface area contributed by atoms with Crippen LogP contribution in [0.2, 0.25) is 0 Å². The number of piperidine rings is 1. The predicted molar refractivity (Wildman–Crippen MR) is 64.0 cm³/mol. The van der Waals surface area contributed by atoms with Crippen molar-refractivity contribution in [2.45, 2.75) is 19.3 Å². The second kappa shape index (κ2) is 6.83. The molecule has 1 atom stereocenters. The number of nitrogens with one attached hydrogen (secondary N) is 2. The van der Waals surface area contributed by atoms with Gasteiger partial charge in [-0.1, -0.05) is 0 Å². The molecule has 7 heteroatoms. The van der Waals surface area contributed by atoms with Gasteiger partial charge in [-0.05, 0) is 18.8 Å². The minimum atomic E-state index is -0.840. The fourth-order valence-corrected chi connectivity index (χ4v) is 2.02. The molecule has 3 N–H and O–H groups in total. The first-order chi connectivity index (χ1) is 8.52. The molecule has 0 radical (unpaired) electrons. The topological polar surface area (TPSA) is 98.7 Å². The molecule has 3 amide bonds. The van der Waals surface area contributed by atoms with Crippen LogP contribution in [0.4, 0.5) is 4.79 Å². The molecule has 1 aliphatic rings. The Kier molecular flexibility index (Phi) is 5.41. The minimum absolute atomic E-state index is 0.00185. The smallest absolute Gasteiger partial charge is 0.317 e. The third-order valence-electron chi connectivity index (χ3n) is 2.95. The summed E-state index contributed by atoms with van der Waals surface area (Å²) < 4.78 is 0. The third-order valence-corrected chi connectivity index (χ3v) is 2.95. The first-order valence-corrected chi connectivity index (χ1v) is 5.98. The summed E-state index contributed by atoms with van der Waals surface area (Å²) in [5.74, 6) is -1.10. The van der Waals surface area contributed by atoms with Gasteiger partial charge >= 0.3 is 12.0 Å². The highest BCUT2D eigenvalue weighted by Gasteiger charge is 2.25. The fourth-order valence-electron chi connectivity index (χ4n) is 2.02. The largest absolute Gasteiger partial charge is 0.481 e. The van der Waals surface area contributed by atoms with Gasteiger partial charge in [0.25, 0.3) is 0 Å². The van der Waals surface area contributed by atoms with E-state index in [0.717, 1.165) is 12.8 Å². The van der Waals surface area contributed by atoms with E-state index in [9.17, 15) is 14.4 Å². The molecule has 0 aromatic heterocycles. The first kappa shape index (κ1) is 14.3. The Labute approximate surface area is 106 Å². The quantitative estimate of drug-likeness (QED) is 0.640. The lowest BCUT2D eigenvalue weighted by atomic mass is 9.95. The lowest BCUT2D eigenvalue weighted by Gasteiger charge is -2.32. The second-order valence-corrected chi connectivity index (χ2v) is 4.38. The zero-order valence-corrected chi connectivity index (χ0v) is 10.4. The molecular weight excluding hydrogens is 238 g/mol. The number of rotatable bonds is 4. The maximum atomic E-state index is 11.7. The molecule has 1 aliphatic heterocycles. The number of carbonyl (C=O) groups excluding carboxylic acids is 2. The lowest BCUT2D eigenvalue weighted by Crippen LogP contribution is -2.48. The van der Waals surface area contributed by atoms with Gasteiger partial charge in [-0.2, -0.15) is 0 Å². The van der Waals surface area contributed by atoms with Gasteiger partial charge in [-0.25, -0.2) is 4.79 Å². The number of amides is 3. The predicted octanol–water partition coefficient (Wildman–Crippen LogP) is -0.371. The van der Waals surface area contributed by atoms with E-state index in [1.165, 1.54) is 7.05 Å². The van der Waals surface area contributed by atoms with Crippen LogP contribution >= 0.6 is 0 Å². The number of likely N-dealkylation sites (N-methyl/N-ethyl adjacent to an activating group) is 1. The van der Waals surface area contributed by atoms with Crippen molar-refractivity contribution in [1.29, 1.82) is 0 Å². The summed E-state index contributed by atoms with van der Waals surface area (Å²) in [6.45, 7) is 0.983. The van der Waals surface area contributed by atoms with Gasteiger partial charge in [-0.3, -0.25) is 9.59 Å². The van der Waals surface area contributed by atoms with E-state index in [2.05, 4.69) is 10.6 Å². The van der Waals surface area contributed by atoms with Crippen molar-refractivity contribution < 1.29 is 19.5 Å². The van der Waals surface area contributed by atoms with Crippen LogP contribution in [0.15, 0.2) is 0 Å². The second-order valence-electron chi connectivity index (χ2n) is 4.38. The number of hydrogen-bond donors (Lipinski definition) is 3. The molecule has 1 saturated heterocycles. The summed E-state index contributed by atoms with van der Waals surface area (Å²) in [4.78, 5) is 34.9. The third kappa shape index (κ3) is 4.60. The first-order valence-electron chi connectivity index (χ1n) is 5.98. The minimum Gasteiger partial charge on any atom is -0.481 e. The number of aliphatic carboxylic acids is 1. The molecule has 1 heterocycles. The van der Waals surface area contributed by atoms with Crippen LogP contribution in [0.5, 0.6) is 0 Å². The van der Waals surface area contributed by atoms with Crippen LogP contribution in [-0.4, -0.2) is 54.6 Å². The van der Waals surface area contributed by atoms with Crippen molar-refractivity contribution in [2.24, 2.45) is 5.92 Å². The van der Waals surface area contributed by atoms with E-state index >= 15 is 0 Å². The molecule has 18 heavy (non-hydrogen) atoms. The Morgan fingerprint density at radius 2 is 2.11 bits per heavy atom. The van der Waals surface area contributed by atoms with Crippen molar-refractivity contribution in [2.75, 3.05) is 26.7 Å². The van der Waals surface area contributed by atoms with E-state index in [1.807, 2.05) is 0 Å². The van der Waals surface area contributed by atoms with Crippen LogP contribution in [0.25, 0.3) is 0 Å². The normalized spacial score (nSPS) is 19.2. The van der Waals surface area contributed by atoms with Crippen molar-refractivity contribution in [3.8, 4) is 0 Å². The molecular formula is C11H19N3O4. The average Bonchev–Trinajstić information content (AvgIpc) is 2.35. The number of hydrogen-bond acceptors (Lipinski definition) is 3. The summed E-state index contributed by atoms with van der Waals surface area (Å²) in [7, 11) is 1.50. The number of carbonyl (C=O) groups is 3. The van der Waals surface area contributed by atoms with E-state index in [-0.39, 0.29) is 30.8 Å². The number of carboxylic acids is 1. The van der Waals surface area contributed by atoms with Gasteiger partial charge < -0.3 is 20.6 Å². The summed E-state index contributed by atoms with van der Waals surface area (Å²) >= 11 is 0. The van der Waals surface area contributed by atoms with Crippen LogP contribution in [0.3, 0.4) is 0 Å². The standard InChI is InChI=1S/C11H19N3O4/c1-12-9(15)6-13-11(18)14-4-2-3-8(7-14)5-10(16)17/h8H,2-7H2,1H3,(H,12,15)(H,13,18)(H,16,17). The lowest BCUT2D eigenvalue weighted by molar-refractivity contribution is -0.138. The van der Waals surface area contributed by atoms with E-state index in [0.29, 0.717) is 13.1 Å². The summed E-state index contributed by atoms with van der Waals surface area (Å²) in [6, 6.07) is -0.311. The van der Waals surface area contributed by atoms with Crippen molar-refractivity contribution >= 4 is 17.9 Å². The highest BCUT2D eigenvalue weighted by Crippen LogP contribution is 2.19. The SMILES string of the molecule is CNC(=O)CNC(=O)N1CCCC(CC(=O)O)C1. The molecule has 7 nitrogen and oxygen atoms in total. The fraction of sp³-hybridized carbons (Fsp3) is 0.727. The zero-order valence-electron chi connectivity index (χ0n) is 10.4. The van der Waals surface area contributed by atoms with Crippen LogP contribution in [0, 0.1) is 5.92 Å². The highest BCUT2D eigenvalue weighted by atomic mass is 16.4. The molecule has 1 unspecified atom stereocenters. The Hall–Kier alpha value is -1.79. The molecule has 0 aliphatic carbocycles. The molecule has 1 rings (SSSR count). The maximum Gasteiger partial charge on any atom is 0.317 e. The van der Waals surface area contributed by atoms with Crippen LogP contribution in [0.1, 0.15) is 19.3 Å². The van der Waals surface area contributed by atoms with E-state index in [1.54, 1.807) is 4.90 Å². The molecule has 0 saturated carbocycles. The molecule has 0 aromatic carbocycles. The number of likely N-dealkylation sites (tertiary alicyclic amines) is 1. The Morgan fingerprint density at radius 3 is 2.72 bits per heavy atom. The Bertz CT molecular complexity index is 332. The Morgan fingerprint density at radius 1 is 1.39 bits per heavy atom. The zero-order chi connectivity index (χ0) is 13.5. The van der Waals surface area contributed by atoms with Crippen LogP contribution < -0.4 is 10.6 Å². The Balaban J connectivity index is 2.38. The van der Waals surface area contributed by atoms with Gasteiger partial charge in [-0.15, -0.1) is 0 Å². The summed E-state index contributed by atoms with van der Waals surface area (Å²) in [5, 5.41) is 13.6. The molecule has 102 valence electrons. The van der Waals surface area contributed by atoms with Gasteiger partial charge in [0.05, 0.1) is 6.54 Å². The molecule has 1 fully saturated rings. The van der Waals surface area contributed by atoms with E-state index < -0.39 is 5.97 Å². The van der Waals surface area contributed by atoms with Gasteiger partial charge in [0.1, 0.15) is 0 Å². The molecule has 0 spiro atoms. The van der Waals surface area contributed by atoms with Gasteiger partial charge in [0.2, 0.25) is 5.91 Å². The molecule has 0 aromatic rings. The monoisotopic (exact) mass is 257 g/mol. The maximum absolute atomic E-state index is 11.7. The number of nitrogens with zero attached hydrogens (tertiary/aromatic N) is 1. The van der Waals surface area contributed by atoms with Crippen LogP contribution in [-0.2, 0) is 9.59 Å². The van der Waals surface area contributed by atoms with E-state index in [4.69, 9.17) is 5.11 Å². The molecule has 0 bridgehead atoms. The van der Waals surface area contributed by atoms with Crippen molar-refractivity contribution in [1.82, 2.24) is 15.5 Å². The van der Waals surface area contributed by atoms with Crippen molar-refractivity contribution in [3.05, 3.63) is 0 Å². The number of carboxylic acid groups (broad SMARTS) is 1. The highest BCUT2D eigenvalue weighted by molar-refractivity contribution is 5.83. The summed E-state index contributed by atoms with van der Waals surface area (Å²) in [5.41, 5.74) is 0. The van der Waals surface area contributed by atoms with Gasteiger partial charge in [0, 0.05) is 26.6 Å². The average molecular weight is 257 g/mol. The van der Waals surface area contributed by atoms with Gasteiger partial charge in [0.15, 0.2) is 0 Å². The summed E-state index contributed by atoms with van der Waals surface area (Å²) in [6.07, 6.45) is 1.70. The van der Waals surface area contributed by atoms with Crippen molar-refractivity contribution in [3.63, 3.8) is 0 Å². The number of urea groups is 1.